The predicted molar refractivity (Wildman–Crippen MR) is 61.6 cm³/mol. The van der Waals surface area contributed by atoms with Crippen molar-refractivity contribution in [3.63, 3.8) is 0 Å². The molecule has 0 amide bonds. The summed E-state index contributed by atoms with van der Waals surface area (Å²) in [5.74, 6) is 1.96. The predicted octanol–water partition coefficient (Wildman–Crippen LogP) is 2.25. The van der Waals surface area contributed by atoms with E-state index in [1.165, 1.54) is 18.4 Å². The molecule has 1 aromatic heterocycles. The summed E-state index contributed by atoms with van der Waals surface area (Å²) in [5.41, 5.74) is 1.25. The van der Waals surface area contributed by atoms with Gasteiger partial charge in [0.05, 0.1) is 12.3 Å². The summed E-state index contributed by atoms with van der Waals surface area (Å²) < 4.78 is 5.72. The number of hydrogen-bond acceptors (Lipinski definition) is 3. The molecule has 3 heteroatoms. The first-order chi connectivity index (χ1) is 7.20. The zero-order valence-corrected chi connectivity index (χ0v) is 9.66. The minimum absolute atomic E-state index is 0.446. The summed E-state index contributed by atoms with van der Waals surface area (Å²) in [6.07, 6.45) is 5.64. The van der Waals surface area contributed by atoms with Crippen LogP contribution in [0.5, 0.6) is 5.75 Å². The summed E-state index contributed by atoms with van der Waals surface area (Å²) in [7, 11) is 4.03. The average molecular weight is 206 g/mol. The zero-order chi connectivity index (χ0) is 10.8. The lowest BCUT2D eigenvalue weighted by Gasteiger charge is -2.16. The first-order valence-electron chi connectivity index (χ1n) is 5.53. The number of nitrogens with zero attached hydrogens (tertiary/aromatic N) is 2. The Kier molecular flexibility index (Phi) is 2.80. The van der Waals surface area contributed by atoms with Crippen LogP contribution in [0.25, 0.3) is 0 Å². The van der Waals surface area contributed by atoms with Gasteiger partial charge in [-0.15, -0.1) is 0 Å². The number of aromatic nitrogens is 1. The second-order valence-electron chi connectivity index (χ2n) is 4.22. The molecule has 1 aromatic rings. The van der Waals surface area contributed by atoms with Crippen LogP contribution in [0.3, 0.4) is 0 Å². The Labute approximate surface area is 91.1 Å². The normalized spacial score (nSPS) is 15.1. The molecule has 0 radical (unpaired) electrons. The third-order valence-electron chi connectivity index (χ3n) is 2.55. The fourth-order valence-electron chi connectivity index (χ4n) is 1.59. The van der Waals surface area contributed by atoms with Gasteiger partial charge in [0.2, 0.25) is 0 Å². The fourth-order valence-corrected chi connectivity index (χ4v) is 1.59. The van der Waals surface area contributed by atoms with Gasteiger partial charge in [0.1, 0.15) is 11.6 Å². The van der Waals surface area contributed by atoms with Crippen LogP contribution >= 0.6 is 0 Å². The fraction of sp³-hybridized carbons (Fsp3) is 0.583. The van der Waals surface area contributed by atoms with Crippen molar-refractivity contribution >= 4 is 5.82 Å². The first kappa shape index (κ1) is 10.3. The van der Waals surface area contributed by atoms with Crippen molar-refractivity contribution in [3.05, 3.63) is 17.8 Å². The molecule has 0 atom stereocenters. The molecule has 0 N–H and O–H groups in total. The van der Waals surface area contributed by atoms with E-state index >= 15 is 0 Å². The van der Waals surface area contributed by atoms with Crippen molar-refractivity contribution in [2.75, 3.05) is 19.0 Å². The van der Waals surface area contributed by atoms with Crippen molar-refractivity contribution in [1.29, 1.82) is 0 Å². The highest BCUT2D eigenvalue weighted by Crippen LogP contribution is 2.28. The Hall–Kier alpha value is -1.25. The van der Waals surface area contributed by atoms with Gasteiger partial charge in [-0.3, -0.25) is 0 Å². The molecule has 1 aliphatic rings. The van der Waals surface area contributed by atoms with Crippen LogP contribution in [0.15, 0.2) is 12.3 Å². The molecule has 0 aliphatic heterocycles. The van der Waals surface area contributed by atoms with Crippen LogP contribution < -0.4 is 9.64 Å². The van der Waals surface area contributed by atoms with Crippen molar-refractivity contribution in [2.24, 2.45) is 0 Å². The molecule has 0 bridgehead atoms. The summed E-state index contributed by atoms with van der Waals surface area (Å²) in [5, 5.41) is 0. The van der Waals surface area contributed by atoms with Crippen molar-refractivity contribution in [3.8, 4) is 5.75 Å². The van der Waals surface area contributed by atoms with Gasteiger partial charge in [-0.1, -0.05) is 6.92 Å². The molecule has 3 nitrogen and oxygen atoms in total. The van der Waals surface area contributed by atoms with Gasteiger partial charge in [0.25, 0.3) is 0 Å². The van der Waals surface area contributed by atoms with Crippen molar-refractivity contribution < 1.29 is 4.74 Å². The van der Waals surface area contributed by atoms with E-state index in [0.717, 1.165) is 18.0 Å². The molecular weight excluding hydrogens is 188 g/mol. The lowest BCUT2D eigenvalue weighted by molar-refractivity contribution is 0.301. The number of ether oxygens (including phenoxy) is 1. The summed E-state index contributed by atoms with van der Waals surface area (Å²) >= 11 is 0. The second-order valence-corrected chi connectivity index (χ2v) is 4.22. The maximum atomic E-state index is 5.72. The molecular formula is C12H18N2O. The number of hydrogen-bond donors (Lipinski definition) is 0. The Morgan fingerprint density at radius 1 is 1.47 bits per heavy atom. The highest BCUT2D eigenvalue weighted by Gasteiger charge is 2.23. The molecule has 1 fully saturated rings. The van der Waals surface area contributed by atoms with Crippen molar-refractivity contribution in [2.45, 2.75) is 32.3 Å². The Morgan fingerprint density at radius 2 is 2.20 bits per heavy atom. The maximum Gasteiger partial charge on any atom is 0.138 e. The van der Waals surface area contributed by atoms with E-state index in [-0.39, 0.29) is 0 Å². The van der Waals surface area contributed by atoms with Gasteiger partial charge in [0.15, 0.2) is 0 Å². The smallest absolute Gasteiger partial charge is 0.138 e. The lowest BCUT2D eigenvalue weighted by Crippen LogP contribution is -2.13. The lowest BCUT2D eigenvalue weighted by atomic mass is 10.2. The third-order valence-corrected chi connectivity index (χ3v) is 2.55. The van der Waals surface area contributed by atoms with Gasteiger partial charge >= 0.3 is 0 Å². The molecule has 0 spiro atoms. The number of rotatable bonds is 4. The highest BCUT2D eigenvalue weighted by molar-refractivity contribution is 5.48. The summed E-state index contributed by atoms with van der Waals surface area (Å²) in [6.45, 7) is 2.14. The van der Waals surface area contributed by atoms with Crippen LogP contribution in [0.4, 0.5) is 5.82 Å². The van der Waals surface area contributed by atoms with E-state index < -0.39 is 0 Å². The van der Waals surface area contributed by atoms with Gasteiger partial charge in [0, 0.05) is 14.1 Å². The van der Waals surface area contributed by atoms with Crippen molar-refractivity contribution in [1.82, 2.24) is 4.98 Å². The quantitative estimate of drug-likeness (QED) is 0.755. The largest absolute Gasteiger partial charge is 0.489 e. The minimum atomic E-state index is 0.446. The average Bonchev–Trinajstić information content (AvgIpc) is 3.01. The SMILES string of the molecule is CCc1cc(OC2CC2)cnc1N(C)C. The summed E-state index contributed by atoms with van der Waals surface area (Å²) in [6, 6.07) is 2.11. The van der Waals surface area contributed by atoms with E-state index in [9.17, 15) is 0 Å². The van der Waals surface area contributed by atoms with E-state index in [2.05, 4.69) is 18.0 Å². The third kappa shape index (κ3) is 2.41. The van der Waals surface area contributed by atoms with Crippen LogP contribution in [0.1, 0.15) is 25.3 Å². The molecule has 0 saturated heterocycles. The molecule has 15 heavy (non-hydrogen) atoms. The standard InChI is InChI=1S/C12H18N2O/c1-4-9-7-11(15-10-5-6-10)8-13-12(9)14(2)3/h7-8,10H,4-6H2,1-3H3. The zero-order valence-electron chi connectivity index (χ0n) is 9.66. The monoisotopic (exact) mass is 206 g/mol. The van der Waals surface area contributed by atoms with Crippen LogP contribution in [0, 0.1) is 0 Å². The van der Waals surface area contributed by atoms with Gasteiger partial charge < -0.3 is 9.64 Å². The highest BCUT2D eigenvalue weighted by atomic mass is 16.5. The number of anilines is 1. The molecule has 82 valence electrons. The first-order valence-corrected chi connectivity index (χ1v) is 5.53. The van der Waals surface area contributed by atoms with Gasteiger partial charge in [-0.2, -0.15) is 0 Å². The molecule has 1 saturated carbocycles. The van der Waals surface area contributed by atoms with E-state index in [0.29, 0.717) is 6.10 Å². The van der Waals surface area contributed by atoms with Gasteiger partial charge in [-0.05, 0) is 30.9 Å². The topological polar surface area (TPSA) is 25.4 Å². The number of pyridine rings is 1. The van der Waals surface area contributed by atoms with E-state index in [4.69, 9.17) is 4.74 Å². The maximum absolute atomic E-state index is 5.72. The Morgan fingerprint density at radius 3 is 2.73 bits per heavy atom. The Bertz CT molecular complexity index is 345. The minimum Gasteiger partial charge on any atom is -0.489 e. The van der Waals surface area contributed by atoms with Crippen LogP contribution in [0.2, 0.25) is 0 Å². The Balaban J connectivity index is 2.20. The second kappa shape index (κ2) is 4.09. The number of aryl methyl sites for hydroxylation is 1. The van der Waals surface area contributed by atoms with Crippen LogP contribution in [-0.2, 0) is 6.42 Å². The summed E-state index contributed by atoms with van der Waals surface area (Å²) in [4.78, 5) is 6.47. The van der Waals surface area contributed by atoms with E-state index in [1.807, 2.05) is 25.2 Å². The molecule has 2 rings (SSSR count). The molecule has 0 aromatic carbocycles. The van der Waals surface area contributed by atoms with E-state index in [1.54, 1.807) is 0 Å². The molecule has 1 aliphatic carbocycles. The van der Waals surface area contributed by atoms with Crippen LogP contribution in [-0.4, -0.2) is 25.2 Å². The molecule has 0 unspecified atom stereocenters. The van der Waals surface area contributed by atoms with Gasteiger partial charge in [-0.25, -0.2) is 4.98 Å². The molecule has 1 heterocycles.